The maximum absolute atomic E-state index is 13.3. The minimum absolute atomic E-state index is 0.00131. The molecule has 4 aromatic carbocycles. The minimum atomic E-state index is -4.05. The Balaban J connectivity index is 0.000000201. The number of nitrogens with one attached hydrogen (secondary N) is 2. The van der Waals surface area contributed by atoms with Crippen molar-refractivity contribution in [2.45, 2.75) is 70.7 Å². The smallest absolute Gasteiger partial charge is 0.265 e. The number of sulfone groups is 2. The third-order valence-electron chi connectivity index (χ3n) is 12.2. The van der Waals surface area contributed by atoms with Gasteiger partial charge in [-0.3, -0.25) is 20.0 Å². The van der Waals surface area contributed by atoms with Gasteiger partial charge in [0.25, 0.3) is 11.8 Å². The normalized spacial score (nSPS) is 15.6. The van der Waals surface area contributed by atoms with Gasteiger partial charge in [0.2, 0.25) is 0 Å². The van der Waals surface area contributed by atoms with Crippen molar-refractivity contribution < 1.29 is 60.2 Å². The Bertz CT molecular complexity index is 2600. The summed E-state index contributed by atoms with van der Waals surface area (Å²) in [7, 11) is -8.10. The quantitative estimate of drug-likeness (QED) is 0.0409. The number of aryl methyl sites for hydroxylation is 2. The van der Waals surface area contributed by atoms with Crippen molar-refractivity contribution >= 4 is 31.5 Å². The van der Waals surface area contributed by atoms with Crippen LogP contribution in [-0.4, -0.2) is 97.8 Å². The summed E-state index contributed by atoms with van der Waals surface area (Å²) in [6.45, 7) is 1.43. The van der Waals surface area contributed by atoms with E-state index in [1.165, 1.54) is 46.4 Å². The van der Waals surface area contributed by atoms with Crippen molar-refractivity contribution in [3.05, 3.63) is 146 Å². The molecule has 4 heterocycles. The van der Waals surface area contributed by atoms with Crippen LogP contribution >= 0.6 is 0 Å². The van der Waals surface area contributed by atoms with E-state index in [1.807, 2.05) is 41.1 Å². The molecule has 68 heavy (non-hydrogen) atoms. The standard InChI is InChI=1S/C25H27NO7S.C24H27N3O6S/c27-24(26-28)25(11-15-31-16-12-25)34(29,30)23-8-6-22(7-9-23)33-13-2-4-19-3-1-5-20(17-19)21-10-14-32-18-21;28-23(26-29)24(10-15-32-16-11-24)34(30,31)22-8-6-21(7-9-22)33-14-2-4-19-3-1-5-20(17-19)27-13-12-25-18-27/h1,3,5-10,14,17-18,28H,2,4,11-13,15-16H2,(H,26,27);1,3,5-9,12-13,17-18,29H,2,4,10-11,14-16H2,(H,26,28). The molecular formula is C49H54N4O13S2. The molecule has 2 amide bonds. The number of hydroxylamine groups is 2. The van der Waals surface area contributed by atoms with Crippen molar-refractivity contribution in [3.8, 4) is 28.3 Å². The number of rotatable bonds is 18. The van der Waals surface area contributed by atoms with Gasteiger partial charge in [0.1, 0.15) is 11.5 Å². The first-order valence-electron chi connectivity index (χ1n) is 22.1. The third kappa shape index (κ3) is 11.2. The Morgan fingerprint density at radius 3 is 1.60 bits per heavy atom. The molecule has 0 bridgehead atoms. The Morgan fingerprint density at radius 1 is 0.647 bits per heavy atom. The van der Waals surface area contributed by atoms with Gasteiger partial charge >= 0.3 is 0 Å². The van der Waals surface area contributed by atoms with Crippen LogP contribution in [0, 0.1) is 0 Å². The van der Waals surface area contributed by atoms with Crippen LogP contribution in [0.25, 0.3) is 16.8 Å². The number of furan rings is 1. The highest BCUT2D eigenvalue weighted by atomic mass is 32.2. The zero-order valence-corrected chi connectivity index (χ0v) is 38.8. The largest absolute Gasteiger partial charge is 0.494 e. The summed E-state index contributed by atoms with van der Waals surface area (Å²) in [5, 5.41) is 18.3. The molecule has 360 valence electrons. The number of ether oxygens (including phenoxy) is 4. The van der Waals surface area contributed by atoms with Crippen LogP contribution < -0.4 is 20.4 Å². The Hall–Kier alpha value is -6.35. The summed E-state index contributed by atoms with van der Waals surface area (Å²) in [5.74, 6) is -0.793. The summed E-state index contributed by atoms with van der Waals surface area (Å²) in [6, 6.07) is 30.4. The number of benzene rings is 4. The average Bonchev–Trinajstić information content (AvgIpc) is 4.14. The van der Waals surface area contributed by atoms with E-state index in [4.69, 9.17) is 33.8 Å². The Morgan fingerprint density at radius 2 is 1.15 bits per heavy atom. The van der Waals surface area contributed by atoms with Crippen molar-refractivity contribution in [2.24, 2.45) is 0 Å². The van der Waals surface area contributed by atoms with E-state index in [0.29, 0.717) is 24.7 Å². The van der Waals surface area contributed by atoms with Gasteiger partial charge in [-0.05, 0) is 135 Å². The van der Waals surface area contributed by atoms with Gasteiger partial charge in [-0.1, -0.05) is 36.4 Å². The first-order valence-corrected chi connectivity index (χ1v) is 25.1. The number of hydrogen-bond acceptors (Lipinski definition) is 14. The zero-order chi connectivity index (χ0) is 48.0. The molecule has 0 spiro atoms. The molecule has 2 aliphatic heterocycles. The third-order valence-corrected chi connectivity index (χ3v) is 17.2. The van der Waals surface area contributed by atoms with E-state index in [0.717, 1.165) is 42.5 Å². The molecule has 2 aliphatic rings. The molecule has 4 N–H and O–H groups in total. The molecule has 17 nitrogen and oxygen atoms in total. The number of carbonyl (C=O) groups excluding carboxylic acids is 2. The molecular weight excluding hydrogens is 917 g/mol. The van der Waals surface area contributed by atoms with Crippen molar-refractivity contribution in [2.75, 3.05) is 39.6 Å². The summed E-state index contributed by atoms with van der Waals surface area (Å²) in [5.41, 5.74) is 8.59. The highest BCUT2D eigenvalue weighted by Gasteiger charge is 2.53. The van der Waals surface area contributed by atoms with E-state index in [-0.39, 0.29) is 61.9 Å². The van der Waals surface area contributed by atoms with Gasteiger partial charge in [0, 0.05) is 50.1 Å². The monoisotopic (exact) mass is 970 g/mol. The highest BCUT2D eigenvalue weighted by molar-refractivity contribution is 7.94. The van der Waals surface area contributed by atoms with Crippen LogP contribution in [0.4, 0.5) is 0 Å². The number of amides is 2. The molecule has 2 aromatic heterocycles. The molecule has 0 radical (unpaired) electrons. The van der Waals surface area contributed by atoms with E-state index in [2.05, 4.69) is 29.2 Å². The Labute approximate surface area is 394 Å². The number of carbonyl (C=O) groups is 2. The molecule has 8 rings (SSSR count). The first kappa shape index (κ1) is 49.6. The number of nitrogens with zero attached hydrogens (tertiary/aromatic N) is 2. The van der Waals surface area contributed by atoms with Gasteiger partial charge < -0.3 is 27.9 Å². The summed E-state index contributed by atoms with van der Waals surface area (Å²) < 4.78 is 78.7. The fraction of sp³-hybridized carbons (Fsp3) is 0.327. The lowest BCUT2D eigenvalue weighted by molar-refractivity contribution is -0.135. The lowest BCUT2D eigenvalue weighted by Gasteiger charge is -2.34. The van der Waals surface area contributed by atoms with Crippen LogP contribution in [0.2, 0.25) is 0 Å². The van der Waals surface area contributed by atoms with E-state index in [1.54, 1.807) is 49.3 Å². The molecule has 0 atom stereocenters. The van der Waals surface area contributed by atoms with E-state index >= 15 is 0 Å². The van der Waals surface area contributed by atoms with Gasteiger partial charge in [-0.15, -0.1) is 0 Å². The second kappa shape index (κ2) is 22.6. The molecule has 2 fully saturated rings. The Kier molecular flexibility index (Phi) is 16.5. The lowest BCUT2D eigenvalue weighted by atomic mass is 9.98. The number of hydrogen-bond donors (Lipinski definition) is 4. The van der Waals surface area contributed by atoms with Gasteiger partial charge in [0.15, 0.2) is 29.2 Å². The summed E-state index contributed by atoms with van der Waals surface area (Å²) in [6.07, 6.45) is 11.9. The summed E-state index contributed by atoms with van der Waals surface area (Å²) in [4.78, 5) is 28.7. The second-order valence-electron chi connectivity index (χ2n) is 16.3. The molecule has 0 saturated carbocycles. The fourth-order valence-corrected chi connectivity index (χ4v) is 12.2. The highest BCUT2D eigenvalue weighted by Crippen LogP contribution is 2.37. The van der Waals surface area contributed by atoms with Crippen LogP contribution in [0.1, 0.15) is 49.7 Å². The van der Waals surface area contributed by atoms with Crippen molar-refractivity contribution in [1.82, 2.24) is 20.5 Å². The molecule has 2 saturated heterocycles. The summed E-state index contributed by atoms with van der Waals surface area (Å²) >= 11 is 0. The predicted molar refractivity (Wildman–Crippen MR) is 248 cm³/mol. The van der Waals surface area contributed by atoms with Crippen molar-refractivity contribution in [1.29, 1.82) is 0 Å². The van der Waals surface area contributed by atoms with Gasteiger partial charge in [0.05, 0.1) is 41.9 Å². The van der Waals surface area contributed by atoms with Gasteiger partial charge in [-0.2, -0.15) is 0 Å². The number of aromatic nitrogens is 2. The lowest BCUT2D eigenvalue weighted by Crippen LogP contribution is -2.54. The van der Waals surface area contributed by atoms with Crippen molar-refractivity contribution in [3.63, 3.8) is 0 Å². The average molecular weight is 971 g/mol. The number of imidazole rings is 1. The van der Waals surface area contributed by atoms with Gasteiger partial charge in [-0.25, -0.2) is 32.8 Å². The minimum Gasteiger partial charge on any atom is -0.494 e. The maximum Gasteiger partial charge on any atom is 0.265 e. The fourth-order valence-electron chi connectivity index (χ4n) is 8.28. The van der Waals surface area contributed by atoms with Crippen LogP contribution in [-0.2, 0) is 51.6 Å². The predicted octanol–water partition coefficient (Wildman–Crippen LogP) is 6.50. The molecule has 6 aromatic rings. The van der Waals surface area contributed by atoms with Crippen LogP contribution in [0.5, 0.6) is 11.5 Å². The molecule has 0 aliphatic carbocycles. The first-order chi connectivity index (χ1) is 32.9. The second-order valence-corrected chi connectivity index (χ2v) is 20.8. The molecule has 19 heteroatoms. The topological polar surface area (TPSA) is 235 Å². The SMILES string of the molecule is O=C(NO)C1(S(=O)(=O)c2ccc(OCCCc3cccc(-c4ccoc4)c3)cc2)CCOCC1.O=C(NO)C1(S(=O)(=O)c2ccc(OCCCc3cccc(-n4ccnc4)c3)cc2)CCOCC1. The van der Waals surface area contributed by atoms with E-state index in [9.17, 15) is 26.4 Å². The van der Waals surface area contributed by atoms with E-state index < -0.39 is 41.0 Å². The maximum atomic E-state index is 13.3. The van der Waals surface area contributed by atoms with Crippen LogP contribution in [0.15, 0.2) is 149 Å². The van der Waals surface area contributed by atoms with Crippen LogP contribution in [0.3, 0.4) is 0 Å². The molecule has 0 unspecified atom stereocenters. The zero-order valence-electron chi connectivity index (χ0n) is 37.2.